The zero-order valence-electron chi connectivity index (χ0n) is 15.8. The van der Waals surface area contributed by atoms with E-state index in [1.54, 1.807) is 12.1 Å². The standard InChI is InChI=1S/C15H16F3N5O.C2HF3O2/c16-15(17,18)13-21-12(22-24-13)10-1-2-11(20-7-10)23-8-14(9-23)3-5-19-6-4-14;3-2(4,5)1(6)7/h1-2,7,19H,3-6,8-9H2;(H,6,7). The third-order valence-corrected chi connectivity index (χ3v) is 4.96. The normalized spacial score (nSPS) is 18.2. The Morgan fingerprint density at radius 3 is 2.19 bits per heavy atom. The van der Waals surface area contributed by atoms with Crippen LogP contribution in [0.1, 0.15) is 18.7 Å². The molecule has 2 saturated heterocycles. The average Bonchev–Trinajstić information content (AvgIpc) is 3.17. The van der Waals surface area contributed by atoms with Gasteiger partial charge in [-0.2, -0.15) is 31.3 Å². The van der Waals surface area contributed by atoms with Crippen molar-refractivity contribution in [3.05, 3.63) is 24.2 Å². The van der Waals surface area contributed by atoms with Crippen LogP contribution in [0.25, 0.3) is 11.4 Å². The third kappa shape index (κ3) is 5.42. The molecule has 2 aromatic heterocycles. The van der Waals surface area contributed by atoms with E-state index in [-0.39, 0.29) is 5.82 Å². The van der Waals surface area contributed by atoms with Crippen molar-refractivity contribution in [1.82, 2.24) is 20.4 Å². The second-order valence-electron chi connectivity index (χ2n) is 7.23. The molecule has 4 heterocycles. The van der Waals surface area contributed by atoms with Gasteiger partial charge in [0, 0.05) is 30.3 Å². The van der Waals surface area contributed by atoms with E-state index in [4.69, 9.17) is 9.90 Å². The molecule has 0 aliphatic carbocycles. The lowest BCUT2D eigenvalue weighted by Crippen LogP contribution is -2.60. The molecule has 0 atom stereocenters. The van der Waals surface area contributed by atoms with Crippen molar-refractivity contribution in [2.75, 3.05) is 31.1 Å². The molecule has 2 aromatic rings. The zero-order chi connectivity index (χ0) is 22.9. The van der Waals surface area contributed by atoms with E-state index in [1.807, 2.05) is 0 Å². The van der Waals surface area contributed by atoms with E-state index in [0.29, 0.717) is 11.0 Å². The summed E-state index contributed by atoms with van der Waals surface area (Å²) >= 11 is 0. The second kappa shape index (κ2) is 8.32. The molecule has 2 fully saturated rings. The molecule has 0 unspecified atom stereocenters. The summed E-state index contributed by atoms with van der Waals surface area (Å²) in [5, 5.41) is 13.9. The fourth-order valence-electron chi connectivity index (χ4n) is 3.36. The van der Waals surface area contributed by atoms with Gasteiger partial charge < -0.3 is 19.8 Å². The highest BCUT2D eigenvalue weighted by Gasteiger charge is 2.44. The molecule has 0 radical (unpaired) electrons. The molecular weight excluding hydrogens is 436 g/mol. The number of pyridine rings is 1. The number of carboxylic acids is 1. The Morgan fingerprint density at radius 2 is 1.74 bits per heavy atom. The molecule has 2 aliphatic heterocycles. The molecule has 2 N–H and O–H groups in total. The van der Waals surface area contributed by atoms with Crippen molar-refractivity contribution in [3.63, 3.8) is 0 Å². The number of nitrogens with zero attached hydrogens (tertiary/aromatic N) is 4. The van der Waals surface area contributed by atoms with E-state index in [2.05, 4.69) is 29.9 Å². The molecule has 1 spiro atoms. The van der Waals surface area contributed by atoms with Gasteiger partial charge in [-0.25, -0.2) is 9.78 Å². The van der Waals surface area contributed by atoms with Crippen LogP contribution in [0.15, 0.2) is 22.9 Å². The van der Waals surface area contributed by atoms with Crippen molar-refractivity contribution < 1.29 is 40.8 Å². The molecule has 4 rings (SSSR count). The van der Waals surface area contributed by atoms with Crippen LogP contribution >= 0.6 is 0 Å². The number of piperidine rings is 1. The molecular formula is C17H17F6N5O3. The predicted molar refractivity (Wildman–Crippen MR) is 93.0 cm³/mol. The van der Waals surface area contributed by atoms with Crippen molar-refractivity contribution in [2.24, 2.45) is 5.41 Å². The van der Waals surface area contributed by atoms with Gasteiger partial charge in [-0.1, -0.05) is 5.16 Å². The third-order valence-electron chi connectivity index (χ3n) is 4.96. The number of carbonyl (C=O) groups is 1. The number of alkyl halides is 6. The second-order valence-corrected chi connectivity index (χ2v) is 7.23. The van der Waals surface area contributed by atoms with Crippen LogP contribution in [-0.2, 0) is 11.0 Å². The first kappa shape index (κ1) is 22.8. The van der Waals surface area contributed by atoms with Crippen molar-refractivity contribution in [1.29, 1.82) is 0 Å². The summed E-state index contributed by atoms with van der Waals surface area (Å²) in [5.74, 6) is -3.40. The lowest BCUT2D eigenvalue weighted by Gasteiger charge is -2.53. The number of anilines is 1. The quantitative estimate of drug-likeness (QED) is 0.669. The van der Waals surface area contributed by atoms with E-state index < -0.39 is 24.2 Å². The summed E-state index contributed by atoms with van der Waals surface area (Å²) in [7, 11) is 0. The van der Waals surface area contributed by atoms with Gasteiger partial charge >= 0.3 is 24.2 Å². The van der Waals surface area contributed by atoms with Gasteiger partial charge in [0.1, 0.15) is 5.82 Å². The fourth-order valence-corrected chi connectivity index (χ4v) is 3.36. The van der Waals surface area contributed by atoms with Crippen LogP contribution in [0.2, 0.25) is 0 Å². The number of carboxylic acid groups (broad SMARTS) is 1. The van der Waals surface area contributed by atoms with E-state index in [1.165, 1.54) is 19.0 Å². The Kier molecular flexibility index (Phi) is 6.11. The number of aromatic nitrogens is 3. The van der Waals surface area contributed by atoms with Crippen LogP contribution in [0, 0.1) is 5.41 Å². The Labute approximate surface area is 171 Å². The van der Waals surface area contributed by atoms with Crippen LogP contribution < -0.4 is 10.2 Å². The Hall–Kier alpha value is -2.90. The SMILES string of the molecule is FC(F)(F)c1nc(-c2ccc(N3CC4(CCNCC4)C3)nc2)no1.O=C(O)C(F)(F)F. The molecule has 8 nitrogen and oxygen atoms in total. The highest BCUT2D eigenvalue weighted by Crippen LogP contribution is 2.40. The smallest absolute Gasteiger partial charge is 0.475 e. The largest absolute Gasteiger partial charge is 0.490 e. The minimum Gasteiger partial charge on any atom is -0.475 e. The number of hydrogen-bond donors (Lipinski definition) is 2. The molecule has 0 aromatic carbocycles. The molecule has 0 amide bonds. The molecule has 0 saturated carbocycles. The summed E-state index contributed by atoms with van der Waals surface area (Å²) < 4.78 is 73.4. The van der Waals surface area contributed by atoms with Gasteiger partial charge in [-0.15, -0.1) is 0 Å². The minimum atomic E-state index is -5.08. The molecule has 170 valence electrons. The fraction of sp³-hybridized carbons (Fsp3) is 0.529. The van der Waals surface area contributed by atoms with E-state index in [0.717, 1.165) is 32.0 Å². The summed E-state index contributed by atoms with van der Waals surface area (Å²) in [6.07, 6.45) is -5.90. The first-order valence-corrected chi connectivity index (χ1v) is 9.03. The Bertz CT molecular complexity index is 898. The average molecular weight is 453 g/mol. The highest BCUT2D eigenvalue weighted by molar-refractivity contribution is 5.73. The predicted octanol–water partition coefficient (Wildman–Crippen LogP) is 2.97. The zero-order valence-corrected chi connectivity index (χ0v) is 15.8. The van der Waals surface area contributed by atoms with E-state index in [9.17, 15) is 26.3 Å². The number of nitrogens with one attached hydrogen (secondary N) is 1. The van der Waals surface area contributed by atoms with Crippen LogP contribution in [0.3, 0.4) is 0 Å². The van der Waals surface area contributed by atoms with E-state index >= 15 is 0 Å². The number of halogens is 6. The molecule has 31 heavy (non-hydrogen) atoms. The maximum absolute atomic E-state index is 12.5. The summed E-state index contributed by atoms with van der Waals surface area (Å²) in [5.41, 5.74) is 0.788. The van der Waals surface area contributed by atoms with Gasteiger partial charge in [-0.05, 0) is 38.1 Å². The van der Waals surface area contributed by atoms with Gasteiger partial charge in [0.25, 0.3) is 0 Å². The van der Waals surface area contributed by atoms with Gasteiger partial charge in [0.15, 0.2) is 0 Å². The minimum absolute atomic E-state index is 0.111. The summed E-state index contributed by atoms with van der Waals surface area (Å²) in [6, 6.07) is 3.45. The lowest BCUT2D eigenvalue weighted by atomic mass is 9.72. The van der Waals surface area contributed by atoms with Crippen LogP contribution in [-0.4, -0.2) is 58.6 Å². The Balaban J connectivity index is 0.000000339. The first-order valence-electron chi connectivity index (χ1n) is 9.03. The highest BCUT2D eigenvalue weighted by atomic mass is 19.4. The van der Waals surface area contributed by atoms with Crippen molar-refractivity contribution >= 4 is 11.8 Å². The Morgan fingerprint density at radius 1 is 1.13 bits per heavy atom. The van der Waals surface area contributed by atoms with Gasteiger partial charge in [0.2, 0.25) is 5.82 Å². The van der Waals surface area contributed by atoms with Gasteiger partial charge in [0.05, 0.1) is 0 Å². The maximum atomic E-state index is 12.5. The molecule has 2 aliphatic rings. The van der Waals surface area contributed by atoms with Crippen molar-refractivity contribution in [2.45, 2.75) is 25.2 Å². The summed E-state index contributed by atoms with van der Waals surface area (Å²) in [4.78, 5) is 18.8. The van der Waals surface area contributed by atoms with Gasteiger partial charge in [-0.3, -0.25) is 0 Å². The lowest BCUT2D eigenvalue weighted by molar-refractivity contribution is -0.192. The number of hydrogen-bond acceptors (Lipinski definition) is 7. The molecule has 14 heteroatoms. The molecule has 0 bridgehead atoms. The van der Waals surface area contributed by atoms with Crippen LogP contribution in [0.4, 0.5) is 32.2 Å². The first-order chi connectivity index (χ1) is 14.4. The summed E-state index contributed by atoms with van der Waals surface area (Å²) in [6.45, 7) is 4.06. The van der Waals surface area contributed by atoms with Crippen molar-refractivity contribution in [3.8, 4) is 11.4 Å². The topological polar surface area (TPSA) is 104 Å². The monoisotopic (exact) mass is 453 g/mol. The maximum Gasteiger partial charge on any atom is 0.490 e. The van der Waals surface area contributed by atoms with Crippen LogP contribution in [0.5, 0.6) is 0 Å². The number of rotatable bonds is 2. The number of aliphatic carboxylic acids is 1.